The van der Waals surface area contributed by atoms with Crippen molar-refractivity contribution in [3.05, 3.63) is 23.8 Å². The number of rotatable bonds is 0. The van der Waals surface area contributed by atoms with Crippen LogP contribution in [0.5, 0.6) is 0 Å². The van der Waals surface area contributed by atoms with Crippen molar-refractivity contribution in [2.75, 3.05) is 0 Å². The molecule has 0 bridgehead atoms. The van der Waals surface area contributed by atoms with Gasteiger partial charge in [0.1, 0.15) is 0 Å². The molecule has 8 N–H and O–H groups in total. The second-order valence-electron chi connectivity index (χ2n) is 13.4. The molecule has 31 heavy (non-hydrogen) atoms. The average molecular weight is 425 g/mol. The molecule has 6 fully saturated rings. The van der Waals surface area contributed by atoms with E-state index >= 15 is 0 Å². The highest BCUT2D eigenvalue weighted by Gasteiger charge is 2.93. The van der Waals surface area contributed by atoms with E-state index in [2.05, 4.69) is 33.4 Å². The molecule has 5 saturated carbocycles. The molecule has 1 heterocycles. The Hall–Kier alpha value is -0.720. The van der Waals surface area contributed by atoms with Gasteiger partial charge in [0.2, 0.25) is 0 Å². The third-order valence-corrected chi connectivity index (χ3v) is 12.3. The Morgan fingerprint density at radius 2 is 1.74 bits per heavy atom. The van der Waals surface area contributed by atoms with Crippen molar-refractivity contribution in [2.24, 2.45) is 51.5 Å². The maximum absolute atomic E-state index is 7.33. The minimum absolute atomic E-state index is 0.0353. The van der Waals surface area contributed by atoms with Gasteiger partial charge in [-0.25, -0.2) is 0 Å². The fraction of sp³-hybridized carbons (Fsp3) is 0.846. The van der Waals surface area contributed by atoms with Gasteiger partial charge in [-0.15, -0.1) is 0 Å². The minimum atomic E-state index is -0.431. The largest absolute Gasteiger partial charge is 0.369 e. The van der Waals surface area contributed by atoms with E-state index in [0.29, 0.717) is 11.8 Å². The fourth-order valence-corrected chi connectivity index (χ4v) is 10.8. The zero-order valence-corrected chi connectivity index (χ0v) is 19.5. The third kappa shape index (κ3) is 1.67. The Bertz CT molecular complexity index is 978. The molecule has 5 heteroatoms. The minimum Gasteiger partial charge on any atom is -0.369 e. The van der Waals surface area contributed by atoms with Crippen molar-refractivity contribution in [2.45, 2.75) is 106 Å². The van der Waals surface area contributed by atoms with Gasteiger partial charge in [-0.3, -0.25) is 0 Å². The fourth-order valence-electron chi connectivity index (χ4n) is 10.8. The van der Waals surface area contributed by atoms with Crippen molar-refractivity contribution >= 4 is 0 Å². The third-order valence-electron chi connectivity index (χ3n) is 12.3. The van der Waals surface area contributed by atoms with E-state index in [1.165, 1.54) is 17.6 Å². The molecule has 7 aliphatic rings. The van der Waals surface area contributed by atoms with Crippen LogP contribution in [-0.2, 0) is 4.74 Å². The van der Waals surface area contributed by atoms with Gasteiger partial charge in [-0.05, 0) is 87.0 Å². The van der Waals surface area contributed by atoms with E-state index in [0.717, 1.165) is 44.9 Å². The molecule has 170 valence electrons. The maximum Gasteiger partial charge on any atom is 0.0940 e. The summed E-state index contributed by atoms with van der Waals surface area (Å²) in [4.78, 5) is 0. The molecule has 5 nitrogen and oxygen atoms in total. The summed E-state index contributed by atoms with van der Waals surface area (Å²) in [6.07, 6.45) is 10.9. The summed E-state index contributed by atoms with van der Waals surface area (Å²) < 4.78 is 6.84. The second kappa shape index (κ2) is 4.88. The van der Waals surface area contributed by atoms with Crippen LogP contribution in [0.1, 0.15) is 72.1 Å². The second-order valence-corrected chi connectivity index (χ2v) is 13.4. The quantitative estimate of drug-likeness (QED) is 0.477. The Labute approximate surface area is 186 Å². The van der Waals surface area contributed by atoms with Crippen LogP contribution in [-0.4, -0.2) is 33.9 Å². The van der Waals surface area contributed by atoms with Crippen LogP contribution >= 0.6 is 0 Å². The van der Waals surface area contributed by atoms with E-state index in [9.17, 15) is 0 Å². The van der Waals surface area contributed by atoms with E-state index in [1.54, 1.807) is 0 Å². The highest BCUT2D eigenvalue weighted by atomic mass is 16.5. The van der Waals surface area contributed by atoms with Crippen molar-refractivity contribution in [1.82, 2.24) is 0 Å². The molecule has 0 aromatic rings. The van der Waals surface area contributed by atoms with Crippen LogP contribution in [0.4, 0.5) is 0 Å². The number of hydrogen-bond donors (Lipinski definition) is 4. The molecular formula is C26H40N4O. The normalized spacial score (nSPS) is 67.8. The first kappa shape index (κ1) is 19.7. The number of hydrogen-bond acceptors (Lipinski definition) is 5. The van der Waals surface area contributed by atoms with Crippen molar-refractivity contribution in [3.63, 3.8) is 0 Å². The molecule has 6 aliphatic carbocycles. The number of nitrogens with two attached hydrogens (primary N) is 4. The summed E-state index contributed by atoms with van der Waals surface area (Å²) in [5.41, 5.74) is 29.8. The number of fused-ring (bicyclic) bond motifs is 12. The van der Waals surface area contributed by atoms with Gasteiger partial charge in [0.05, 0.1) is 22.8 Å². The van der Waals surface area contributed by atoms with Gasteiger partial charge in [-0.2, -0.15) is 0 Å². The van der Waals surface area contributed by atoms with Crippen LogP contribution < -0.4 is 22.9 Å². The van der Waals surface area contributed by atoms with Gasteiger partial charge in [0, 0.05) is 16.5 Å². The first-order valence-electron chi connectivity index (χ1n) is 12.6. The summed E-state index contributed by atoms with van der Waals surface area (Å²) in [7, 11) is 0. The van der Waals surface area contributed by atoms with Crippen LogP contribution in [0.3, 0.4) is 0 Å². The van der Waals surface area contributed by atoms with Gasteiger partial charge in [0.15, 0.2) is 0 Å². The smallest absolute Gasteiger partial charge is 0.0940 e. The van der Waals surface area contributed by atoms with Crippen LogP contribution in [0.2, 0.25) is 0 Å². The van der Waals surface area contributed by atoms with Crippen LogP contribution in [0, 0.1) is 28.6 Å². The highest BCUT2D eigenvalue weighted by Crippen LogP contribution is 2.84. The zero-order valence-electron chi connectivity index (χ0n) is 19.5. The lowest BCUT2D eigenvalue weighted by atomic mass is 9.43. The van der Waals surface area contributed by atoms with Gasteiger partial charge < -0.3 is 27.7 Å². The first-order chi connectivity index (χ1) is 14.3. The monoisotopic (exact) mass is 424 g/mol. The Kier molecular flexibility index (Phi) is 3.10. The van der Waals surface area contributed by atoms with Gasteiger partial charge >= 0.3 is 0 Å². The summed E-state index contributed by atoms with van der Waals surface area (Å²) in [6.45, 7) is 11.4. The zero-order chi connectivity index (χ0) is 22.0. The van der Waals surface area contributed by atoms with Crippen molar-refractivity contribution in [1.29, 1.82) is 0 Å². The summed E-state index contributed by atoms with van der Waals surface area (Å²) in [6, 6.07) is 0. The summed E-state index contributed by atoms with van der Waals surface area (Å²) in [5, 5.41) is 0. The Morgan fingerprint density at radius 3 is 2.42 bits per heavy atom. The standard InChI is InChI=1S/C26H40N4O/c1-14-5-8-20(3)16-7-9-21(4)19(18(16)23(28)12-22(23,27)17(20)11-14)24(29)13-25(24,30)26(21)10-6-15(2)31-26/h11,15-16,18-19H,1,5-10,12-13,27-30H2,2-4H3/t15?,16-,18?,19-,20?,21?,22?,23?,24+,25+,26+/m0/s1. The predicted octanol–water partition coefficient (Wildman–Crippen LogP) is 2.48. The molecular weight excluding hydrogens is 384 g/mol. The van der Waals surface area contributed by atoms with Gasteiger partial charge in [0.25, 0.3) is 0 Å². The topological polar surface area (TPSA) is 113 Å². The van der Waals surface area contributed by atoms with E-state index < -0.39 is 16.6 Å². The molecule has 0 aromatic heterocycles. The number of allylic oxidation sites excluding steroid dienone is 2. The molecule has 11 atom stereocenters. The lowest BCUT2D eigenvalue weighted by Crippen LogP contribution is -2.68. The summed E-state index contributed by atoms with van der Waals surface area (Å²) in [5.74, 6) is 1.08. The average Bonchev–Trinajstić information content (AvgIpc) is 3.35. The first-order valence-corrected chi connectivity index (χ1v) is 12.6. The van der Waals surface area contributed by atoms with Crippen LogP contribution in [0.25, 0.3) is 0 Å². The molecule has 1 saturated heterocycles. The molecule has 7 rings (SSSR count). The lowest BCUT2D eigenvalue weighted by Gasteiger charge is -2.63. The lowest BCUT2D eigenvalue weighted by molar-refractivity contribution is -0.175. The Morgan fingerprint density at radius 1 is 1.00 bits per heavy atom. The highest BCUT2D eigenvalue weighted by molar-refractivity contribution is 5.56. The number of ether oxygens (including phenoxy) is 1. The van der Waals surface area contributed by atoms with E-state index in [-0.39, 0.29) is 34.0 Å². The molecule has 0 aromatic carbocycles. The maximum atomic E-state index is 7.33. The van der Waals surface area contributed by atoms with Crippen molar-refractivity contribution in [3.8, 4) is 0 Å². The Balaban J connectivity index is 1.42. The summed E-state index contributed by atoms with van der Waals surface area (Å²) >= 11 is 0. The molecule has 0 amide bonds. The molecule has 0 radical (unpaired) electrons. The molecule has 6 unspecified atom stereocenters. The van der Waals surface area contributed by atoms with Crippen molar-refractivity contribution < 1.29 is 4.74 Å². The molecule has 1 spiro atoms. The van der Waals surface area contributed by atoms with E-state index in [4.69, 9.17) is 27.7 Å². The van der Waals surface area contributed by atoms with Crippen LogP contribution in [0.15, 0.2) is 23.8 Å². The van der Waals surface area contributed by atoms with Gasteiger partial charge in [-0.1, -0.05) is 32.1 Å². The predicted molar refractivity (Wildman–Crippen MR) is 122 cm³/mol. The van der Waals surface area contributed by atoms with E-state index in [1.807, 2.05) is 0 Å². The molecule has 1 aliphatic heterocycles. The SMILES string of the molecule is C=C1C=C2C(C)(CC1)[C@H]1CCC3(C)[C@H](C1C1(N)CC21N)[C@]1(N)C[C@]1(N)[C@@]31CCC(C)O1.